The van der Waals surface area contributed by atoms with Crippen molar-refractivity contribution >= 4 is 22.6 Å². The van der Waals surface area contributed by atoms with Gasteiger partial charge in [-0.1, -0.05) is 20.8 Å². The van der Waals surface area contributed by atoms with E-state index in [1.807, 2.05) is 6.92 Å². The molecule has 0 amide bonds. The Morgan fingerprint density at radius 2 is 1.62 bits per heavy atom. The second-order valence-corrected chi connectivity index (χ2v) is 15.1. The molecule has 4 aliphatic rings. The van der Waals surface area contributed by atoms with Gasteiger partial charge in [-0.2, -0.15) is 30.4 Å². The molecule has 0 aliphatic heterocycles. The maximum atomic E-state index is 13.8. The van der Waals surface area contributed by atoms with E-state index >= 15 is 0 Å². The van der Waals surface area contributed by atoms with Crippen LogP contribution in [-0.2, 0) is 29.2 Å². The lowest BCUT2D eigenvalue weighted by Crippen LogP contribution is -2.58. The molecule has 42 heavy (non-hydrogen) atoms. The number of hydrogen-bond donors (Lipinski definition) is 2. The first-order chi connectivity index (χ1) is 19.3. The second kappa shape index (κ2) is 11.4. The van der Waals surface area contributed by atoms with Gasteiger partial charge in [0.1, 0.15) is 6.10 Å². The Balaban J connectivity index is 1.45. The molecule has 0 bridgehead atoms. The minimum atomic E-state index is -6.50. The summed E-state index contributed by atoms with van der Waals surface area (Å²) < 4.78 is 107. The topological polar surface area (TPSA) is 127 Å². The number of ether oxygens (including phenoxy) is 2. The highest BCUT2D eigenvalue weighted by Crippen LogP contribution is 2.68. The van der Waals surface area contributed by atoms with Crippen molar-refractivity contribution in [2.75, 3.05) is 0 Å². The summed E-state index contributed by atoms with van der Waals surface area (Å²) in [6.07, 6.45) is -5.15. The summed E-state index contributed by atoms with van der Waals surface area (Å²) >= 11 is 0. The SMILES string of the molecule is C[C@H](CCC(=O)OC(C(F)(F)F)C(F)(F)S(=O)(=O)O)[C@H]1CC[C@H]2[C@@H]3C[C@H](OC=O)C4C[C@H](O)CC[C@]4(C)[C@H]3CC[C@]12C. The van der Waals surface area contributed by atoms with Crippen molar-refractivity contribution in [2.24, 2.45) is 46.3 Å². The quantitative estimate of drug-likeness (QED) is 0.147. The molecule has 0 heterocycles. The van der Waals surface area contributed by atoms with Crippen LogP contribution in [0.4, 0.5) is 22.0 Å². The number of aliphatic hydroxyl groups excluding tert-OH is 1. The summed E-state index contributed by atoms with van der Waals surface area (Å²) in [5, 5.41) is 4.62. The van der Waals surface area contributed by atoms with Gasteiger partial charge in [0.2, 0.25) is 0 Å². The third-order valence-electron chi connectivity index (χ3n) is 11.6. The normalized spacial score (nSPS) is 40.2. The van der Waals surface area contributed by atoms with Crippen molar-refractivity contribution in [1.82, 2.24) is 0 Å². The smallest absolute Gasteiger partial charge is 0.432 e. The van der Waals surface area contributed by atoms with Crippen molar-refractivity contribution in [3.8, 4) is 0 Å². The van der Waals surface area contributed by atoms with Crippen LogP contribution in [0.1, 0.15) is 85.0 Å². The molecule has 4 rings (SSSR count). The van der Waals surface area contributed by atoms with Gasteiger partial charge in [0, 0.05) is 12.3 Å². The number of carbonyl (C=O) groups is 2. The van der Waals surface area contributed by atoms with E-state index in [0.717, 1.165) is 32.1 Å². The molecule has 2 N–H and O–H groups in total. The summed E-state index contributed by atoms with van der Waals surface area (Å²) in [6, 6.07) is 0. The molecule has 0 aromatic rings. The summed E-state index contributed by atoms with van der Waals surface area (Å²) in [5.41, 5.74) is -0.232. The van der Waals surface area contributed by atoms with Gasteiger partial charge >= 0.3 is 27.5 Å². The minimum absolute atomic E-state index is 0.0521. The molecule has 242 valence electrons. The minimum Gasteiger partial charge on any atom is -0.464 e. The Hall–Kier alpha value is -1.54. The Bertz CT molecular complexity index is 1130. The zero-order valence-corrected chi connectivity index (χ0v) is 24.8. The lowest BCUT2D eigenvalue weighted by Gasteiger charge is -2.62. The van der Waals surface area contributed by atoms with Gasteiger partial charge in [0.25, 0.3) is 12.6 Å². The van der Waals surface area contributed by atoms with Crippen LogP contribution in [-0.4, -0.2) is 60.3 Å². The van der Waals surface area contributed by atoms with E-state index in [1.54, 1.807) is 0 Å². The van der Waals surface area contributed by atoms with E-state index in [-0.39, 0.29) is 47.0 Å². The Morgan fingerprint density at radius 1 is 1.00 bits per heavy atom. The maximum absolute atomic E-state index is 13.8. The molecule has 11 atom stereocenters. The highest BCUT2D eigenvalue weighted by atomic mass is 32.2. The van der Waals surface area contributed by atoms with Crippen molar-refractivity contribution in [2.45, 2.75) is 115 Å². The molecule has 4 saturated carbocycles. The first kappa shape index (κ1) is 33.4. The average molecular weight is 633 g/mol. The number of aliphatic hydroxyl groups is 1. The van der Waals surface area contributed by atoms with Gasteiger partial charge in [-0.15, -0.1) is 0 Å². The van der Waals surface area contributed by atoms with Crippen molar-refractivity contribution in [1.29, 1.82) is 0 Å². The molecule has 14 heteroatoms. The Morgan fingerprint density at radius 3 is 2.21 bits per heavy atom. The van der Waals surface area contributed by atoms with Crippen molar-refractivity contribution in [3.63, 3.8) is 0 Å². The van der Waals surface area contributed by atoms with Crippen LogP contribution in [0.25, 0.3) is 0 Å². The van der Waals surface area contributed by atoms with Crippen LogP contribution in [0, 0.1) is 46.3 Å². The number of esters is 1. The lowest BCUT2D eigenvalue weighted by atomic mass is 9.43. The molecule has 8 nitrogen and oxygen atoms in total. The fourth-order valence-electron chi connectivity index (χ4n) is 9.64. The van der Waals surface area contributed by atoms with Crippen LogP contribution in [0.15, 0.2) is 0 Å². The van der Waals surface area contributed by atoms with Gasteiger partial charge in [-0.3, -0.25) is 14.1 Å². The molecule has 0 aromatic heterocycles. The zero-order valence-electron chi connectivity index (χ0n) is 24.0. The predicted molar refractivity (Wildman–Crippen MR) is 138 cm³/mol. The molecular formula is C28H41F5O8S. The maximum Gasteiger partial charge on any atom is 0.432 e. The van der Waals surface area contributed by atoms with E-state index in [4.69, 9.17) is 9.29 Å². The Labute approximate surface area is 242 Å². The third kappa shape index (κ3) is 5.80. The van der Waals surface area contributed by atoms with Crippen LogP contribution in [0.2, 0.25) is 0 Å². The first-order valence-corrected chi connectivity index (χ1v) is 16.1. The fraction of sp³-hybridized carbons (Fsp3) is 0.929. The van der Waals surface area contributed by atoms with Gasteiger partial charge in [-0.25, -0.2) is 0 Å². The second-order valence-electron chi connectivity index (χ2n) is 13.6. The van der Waals surface area contributed by atoms with Gasteiger partial charge in [-0.05, 0) is 98.2 Å². The van der Waals surface area contributed by atoms with E-state index in [1.165, 1.54) is 0 Å². The molecular weight excluding hydrogens is 591 g/mol. The van der Waals surface area contributed by atoms with Gasteiger partial charge in [0.15, 0.2) is 0 Å². The Kier molecular flexibility index (Phi) is 9.08. The molecule has 0 saturated heterocycles. The fourth-order valence-corrected chi connectivity index (χ4v) is 10.1. The number of rotatable bonds is 9. The van der Waals surface area contributed by atoms with Gasteiger partial charge in [0.05, 0.1) is 6.10 Å². The number of alkyl halides is 5. The monoisotopic (exact) mass is 632 g/mol. The average Bonchev–Trinajstić information content (AvgIpc) is 3.23. The van der Waals surface area contributed by atoms with Crippen LogP contribution >= 0.6 is 0 Å². The number of carbonyl (C=O) groups excluding carboxylic acids is 2. The molecule has 4 aliphatic carbocycles. The first-order valence-electron chi connectivity index (χ1n) is 14.7. The van der Waals surface area contributed by atoms with Crippen molar-refractivity contribution in [3.05, 3.63) is 0 Å². The van der Waals surface area contributed by atoms with E-state index < -0.39 is 46.1 Å². The summed E-state index contributed by atoms with van der Waals surface area (Å²) in [7, 11) is -6.50. The van der Waals surface area contributed by atoms with Crippen LogP contribution < -0.4 is 0 Å². The van der Waals surface area contributed by atoms with Crippen LogP contribution in [0.3, 0.4) is 0 Å². The molecule has 4 fully saturated rings. The molecule has 0 aromatic carbocycles. The molecule has 0 radical (unpaired) electrons. The summed E-state index contributed by atoms with van der Waals surface area (Å²) in [4.78, 5) is 23.7. The van der Waals surface area contributed by atoms with E-state index in [2.05, 4.69) is 18.6 Å². The third-order valence-corrected chi connectivity index (χ3v) is 12.5. The number of fused-ring (bicyclic) bond motifs is 5. The van der Waals surface area contributed by atoms with E-state index in [9.17, 15) is 45.1 Å². The highest BCUT2D eigenvalue weighted by Gasteiger charge is 2.66. The highest BCUT2D eigenvalue weighted by molar-refractivity contribution is 7.86. The predicted octanol–water partition coefficient (Wildman–Crippen LogP) is 5.53. The largest absolute Gasteiger partial charge is 0.464 e. The van der Waals surface area contributed by atoms with Crippen molar-refractivity contribution < 1.29 is 59.1 Å². The zero-order chi connectivity index (χ0) is 31.5. The lowest BCUT2D eigenvalue weighted by molar-refractivity contribution is -0.259. The standard InChI is InChI=1S/C28H41F5O8S/c1-15(4-7-23(36)41-24(27(29,30)31)28(32,33)42(37,38)39)18-5-6-19-17-13-22(40-14-34)21-12-16(35)8-10-26(21,3)20(17)9-11-25(18,19)2/h14-22,24,35H,4-13H2,1-3H3,(H,37,38,39)/t15-,16-,17+,18-,19+,20+,21?,22+,24?,25-,26-/m1/s1. The van der Waals surface area contributed by atoms with Gasteiger partial charge < -0.3 is 14.6 Å². The molecule has 0 spiro atoms. The van der Waals surface area contributed by atoms with Crippen LogP contribution in [0.5, 0.6) is 0 Å². The van der Waals surface area contributed by atoms with E-state index in [0.29, 0.717) is 37.6 Å². The molecule has 2 unspecified atom stereocenters. The number of hydrogen-bond acceptors (Lipinski definition) is 7. The summed E-state index contributed by atoms with van der Waals surface area (Å²) in [5.74, 6) is -0.660. The number of halogens is 5. The summed E-state index contributed by atoms with van der Waals surface area (Å²) in [6.45, 7) is 6.80.